The number of thiazole rings is 1. The van der Waals surface area contributed by atoms with E-state index in [4.69, 9.17) is 5.73 Å². The van der Waals surface area contributed by atoms with E-state index in [-0.39, 0.29) is 22.3 Å². The van der Waals surface area contributed by atoms with Gasteiger partial charge in [-0.25, -0.2) is 14.5 Å². The number of hydrogen-bond acceptors (Lipinski definition) is 12. The molecule has 2 aromatic heterocycles. The molecule has 162 valence electrons. The second kappa shape index (κ2) is 8.27. The fourth-order valence-corrected chi connectivity index (χ4v) is 5.88. The molecule has 0 bridgehead atoms. The Bertz CT molecular complexity index is 1130. The first-order valence-corrected chi connectivity index (χ1v) is 11.5. The molecule has 2 aromatic rings. The Balaban J connectivity index is 1.47. The van der Waals surface area contributed by atoms with Crippen molar-refractivity contribution in [3.05, 3.63) is 22.3 Å². The van der Waals surface area contributed by atoms with Gasteiger partial charge in [0.1, 0.15) is 22.8 Å². The number of ketones is 1. The number of aromatic nitrogens is 5. The van der Waals surface area contributed by atoms with E-state index in [0.29, 0.717) is 16.5 Å². The Labute approximate surface area is 186 Å². The molecule has 0 radical (unpaired) electrons. The number of nitrogens with two attached hydrogens (primary N) is 1. The second-order valence-electron chi connectivity index (χ2n) is 6.39. The number of carboxylic acids is 1. The summed E-state index contributed by atoms with van der Waals surface area (Å²) < 4.78 is 1.46. The molecule has 2 amide bonds. The highest BCUT2D eigenvalue weighted by atomic mass is 32.2. The molecule has 1 fully saturated rings. The molecule has 2 aliphatic rings. The topological polar surface area (TPSA) is 186 Å². The van der Waals surface area contributed by atoms with Crippen molar-refractivity contribution in [2.24, 2.45) is 7.05 Å². The third kappa shape index (κ3) is 3.88. The van der Waals surface area contributed by atoms with E-state index in [2.05, 4.69) is 25.8 Å². The number of thioether (sulfide) groups is 2. The SMILES string of the molecule is Cn1nnnc1SCC1=C(C(=O)O)N2C(=O)C(NC(=O)C(=O)c3csc(N)n3)[C@@H]2SC1. The number of nitrogen functional groups attached to an aromatic ring is 1. The van der Waals surface area contributed by atoms with Crippen LogP contribution in [0.25, 0.3) is 0 Å². The minimum atomic E-state index is -1.25. The molecular weight excluding hydrogens is 468 g/mol. The predicted molar refractivity (Wildman–Crippen MR) is 110 cm³/mol. The molecule has 31 heavy (non-hydrogen) atoms. The minimum Gasteiger partial charge on any atom is -0.477 e. The van der Waals surface area contributed by atoms with Crippen molar-refractivity contribution in [2.75, 3.05) is 17.2 Å². The van der Waals surface area contributed by atoms with Gasteiger partial charge in [0.25, 0.3) is 17.6 Å². The van der Waals surface area contributed by atoms with Crippen molar-refractivity contribution in [3.63, 3.8) is 0 Å². The van der Waals surface area contributed by atoms with Gasteiger partial charge in [-0.05, 0) is 16.0 Å². The number of hydrogen-bond donors (Lipinski definition) is 3. The van der Waals surface area contributed by atoms with Gasteiger partial charge in [0.2, 0.25) is 5.16 Å². The second-order valence-corrected chi connectivity index (χ2v) is 9.33. The van der Waals surface area contributed by atoms with Gasteiger partial charge >= 0.3 is 5.97 Å². The lowest BCUT2D eigenvalue weighted by Crippen LogP contribution is -2.71. The molecule has 0 aliphatic carbocycles. The quantitative estimate of drug-likeness (QED) is 0.189. The highest BCUT2D eigenvalue weighted by molar-refractivity contribution is 8.01. The van der Waals surface area contributed by atoms with Crippen LogP contribution in [0, 0.1) is 0 Å². The number of carbonyl (C=O) groups excluding carboxylic acids is 3. The molecule has 0 spiro atoms. The van der Waals surface area contributed by atoms with Crippen LogP contribution >= 0.6 is 34.9 Å². The number of nitrogens with one attached hydrogen (secondary N) is 1. The summed E-state index contributed by atoms with van der Waals surface area (Å²) in [6.07, 6.45) is 0. The molecule has 16 heteroatoms. The first-order chi connectivity index (χ1) is 14.8. The van der Waals surface area contributed by atoms with Gasteiger partial charge in [0.05, 0.1) is 0 Å². The number of β-lactam (4-membered cyclic amide) rings is 1. The van der Waals surface area contributed by atoms with E-state index >= 15 is 0 Å². The Morgan fingerprint density at radius 1 is 1.42 bits per heavy atom. The number of tetrazole rings is 1. The number of aliphatic carboxylic acids is 1. The largest absolute Gasteiger partial charge is 0.477 e. The molecule has 1 unspecified atom stereocenters. The average molecular weight is 483 g/mol. The first kappa shape index (κ1) is 21.3. The number of carbonyl (C=O) groups is 4. The Hall–Kier alpha value is -2.98. The number of carboxylic acid groups (broad SMARTS) is 1. The van der Waals surface area contributed by atoms with Crippen LogP contribution in [0.2, 0.25) is 0 Å². The van der Waals surface area contributed by atoms with Crippen LogP contribution in [0.15, 0.2) is 21.8 Å². The van der Waals surface area contributed by atoms with E-state index in [1.54, 1.807) is 7.05 Å². The van der Waals surface area contributed by atoms with Crippen molar-refractivity contribution >= 4 is 63.6 Å². The molecule has 0 aromatic carbocycles. The Morgan fingerprint density at radius 2 is 2.19 bits per heavy atom. The third-order valence-corrected chi connectivity index (χ3v) is 7.56. The number of amides is 2. The van der Waals surface area contributed by atoms with Crippen LogP contribution in [-0.2, 0) is 21.4 Å². The van der Waals surface area contributed by atoms with E-state index < -0.39 is 35.0 Å². The van der Waals surface area contributed by atoms with Crippen molar-refractivity contribution in [1.29, 1.82) is 0 Å². The molecule has 4 N–H and O–H groups in total. The maximum Gasteiger partial charge on any atom is 0.352 e. The van der Waals surface area contributed by atoms with Crippen LogP contribution in [0.1, 0.15) is 10.5 Å². The van der Waals surface area contributed by atoms with Crippen molar-refractivity contribution in [2.45, 2.75) is 16.6 Å². The highest BCUT2D eigenvalue weighted by Crippen LogP contribution is 2.41. The van der Waals surface area contributed by atoms with Crippen LogP contribution < -0.4 is 11.1 Å². The molecular formula is C15H14N8O5S3. The third-order valence-electron chi connectivity index (χ3n) is 4.45. The van der Waals surface area contributed by atoms with Crippen LogP contribution in [0.3, 0.4) is 0 Å². The molecule has 2 atom stereocenters. The zero-order chi connectivity index (χ0) is 22.3. The number of fused-ring (bicyclic) bond motifs is 1. The zero-order valence-corrected chi connectivity index (χ0v) is 18.2. The summed E-state index contributed by atoms with van der Waals surface area (Å²) in [5, 5.41) is 24.5. The predicted octanol–water partition coefficient (Wildman–Crippen LogP) is -1.04. The summed E-state index contributed by atoms with van der Waals surface area (Å²) in [5.41, 5.74) is 5.77. The van der Waals surface area contributed by atoms with E-state index in [0.717, 1.165) is 16.2 Å². The number of rotatable bonds is 7. The Morgan fingerprint density at radius 3 is 2.81 bits per heavy atom. The fraction of sp³-hybridized carbons (Fsp3) is 0.333. The van der Waals surface area contributed by atoms with Gasteiger partial charge in [0.15, 0.2) is 5.13 Å². The van der Waals surface area contributed by atoms with Crippen molar-refractivity contribution in [3.8, 4) is 0 Å². The molecule has 4 heterocycles. The standard InChI is InChI=1S/C15H14N8O5S3/c1-22-15(19-20-21-22)31-3-5-2-29-12-7(11(26)23(12)8(5)13(27)28)18-10(25)9(24)6-4-30-14(16)17-6/h4,7,12H,2-3H2,1H3,(H2,16,17)(H,18,25)(H,27,28)/t7?,12-/m0/s1. The lowest BCUT2D eigenvalue weighted by Gasteiger charge is -2.49. The number of aryl methyl sites for hydroxylation is 1. The van der Waals surface area contributed by atoms with Gasteiger partial charge in [-0.2, -0.15) is 0 Å². The lowest BCUT2D eigenvalue weighted by atomic mass is 10.0. The highest BCUT2D eigenvalue weighted by Gasteiger charge is 2.54. The van der Waals surface area contributed by atoms with Crippen molar-refractivity contribution < 1.29 is 24.3 Å². The fourth-order valence-electron chi connectivity index (χ4n) is 3.00. The van der Waals surface area contributed by atoms with Gasteiger partial charge in [-0.3, -0.25) is 19.3 Å². The van der Waals surface area contributed by atoms with Gasteiger partial charge in [0, 0.05) is 23.9 Å². The smallest absolute Gasteiger partial charge is 0.352 e. The zero-order valence-electron chi connectivity index (χ0n) is 15.7. The van der Waals surface area contributed by atoms with Gasteiger partial charge in [-0.15, -0.1) is 28.2 Å². The number of anilines is 1. The maximum absolute atomic E-state index is 12.7. The first-order valence-electron chi connectivity index (χ1n) is 8.59. The summed E-state index contributed by atoms with van der Waals surface area (Å²) in [7, 11) is 1.66. The van der Waals surface area contributed by atoms with Crippen molar-refractivity contribution in [1.82, 2.24) is 35.4 Å². The van der Waals surface area contributed by atoms with Gasteiger partial charge < -0.3 is 16.2 Å². The number of Topliss-reactive ketones (excluding diaryl/α,β-unsaturated/α-hetero) is 1. The summed E-state index contributed by atoms with van der Waals surface area (Å²) >= 11 is 3.57. The van der Waals surface area contributed by atoms with E-state index in [1.807, 2.05) is 0 Å². The van der Waals surface area contributed by atoms with Crippen LogP contribution in [0.5, 0.6) is 0 Å². The van der Waals surface area contributed by atoms with Gasteiger partial charge in [-0.1, -0.05) is 11.8 Å². The molecule has 1 saturated heterocycles. The Kier molecular flexibility index (Phi) is 5.67. The minimum absolute atomic E-state index is 0.108. The van der Waals surface area contributed by atoms with Crippen LogP contribution in [-0.4, -0.2) is 81.7 Å². The number of nitrogens with zero attached hydrogens (tertiary/aromatic N) is 6. The monoisotopic (exact) mass is 482 g/mol. The summed E-state index contributed by atoms with van der Waals surface area (Å²) in [5.74, 6) is -3.15. The average Bonchev–Trinajstić information content (AvgIpc) is 3.36. The molecule has 13 nitrogen and oxygen atoms in total. The van der Waals surface area contributed by atoms with Crippen LogP contribution in [0.4, 0.5) is 5.13 Å². The summed E-state index contributed by atoms with van der Waals surface area (Å²) in [4.78, 5) is 53.8. The summed E-state index contributed by atoms with van der Waals surface area (Å²) in [6.45, 7) is 0. The maximum atomic E-state index is 12.7. The molecule has 0 saturated carbocycles. The normalized spacial score (nSPS) is 20.3. The lowest BCUT2D eigenvalue weighted by molar-refractivity contribution is -0.150. The van der Waals surface area contributed by atoms with E-state index in [1.165, 1.54) is 33.6 Å². The molecule has 4 rings (SSSR count). The summed E-state index contributed by atoms with van der Waals surface area (Å²) in [6, 6.07) is -1.01. The van der Waals surface area contributed by atoms with E-state index in [9.17, 15) is 24.3 Å². The molecule has 2 aliphatic heterocycles.